The maximum Gasteiger partial charge on any atom is 0.394 e. The normalized spacial score (nSPS) is 20.7. The van der Waals surface area contributed by atoms with Gasteiger partial charge in [-0.3, -0.25) is 20.4 Å². The highest BCUT2D eigenvalue weighted by Gasteiger charge is 2.84. The first-order chi connectivity index (χ1) is 13.7. The maximum absolute atomic E-state index is 13.9. The molecule has 2 saturated heterocycles. The highest BCUT2D eigenvalue weighted by atomic mass is 19.4. The first-order valence-corrected chi connectivity index (χ1v) is 8.54. The molecule has 0 aromatic heterocycles. The van der Waals surface area contributed by atoms with Crippen molar-refractivity contribution in [3.05, 3.63) is 0 Å². The molecule has 174 valence electrons. The van der Waals surface area contributed by atoms with Gasteiger partial charge in [0.15, 0.2) is 0 Å². The van der Waals surface area contributed by atoms with Gasteiger partial charge < -0.3 is 9.47 Å². The summed E-state index contributed by atoms with van der Waals surface area (Å²) in [4.78, 5) is 23.0. The Bertz CT molecular complexity index is 585. The van der Waals surface area contributed by atoms with Crippen LogP contribution >= 0.6 is 0 Å². The molecule has 0 unspecified atom stereocenters. The fourth-order valence-electron chi connectivity index (χ4n) is 2.46. The summed E-state index contributed by atoms with van der Waals surface area (Å²) >= 11 is 0. The van der Waals surface area contributed by atoms with Crippen LogP contribution in [0.2, 0.25) is 0 Å². The second-order valence-electron chi connectivity index (χ2n) is 6.38. The van der Waals surface area contributed by atoms with Gasteiger partial charge in [-0.25, -0.2) is 10.0 Å². The number of rotatable bonds is 7. The SMILES string of the molecule is O=C(NN1CCOCC1)C(F)(F)C(F)(F)C(F)(F)C(F)(F)C(=O)NN1CCOCC1. The summed E-state index contributed by atoms with van der Waals surface area (Å²) in [5, 5.41) is 1.36. The van der Waals surface area contributed by atoms with E-state index in [0.717, 1.165) is 0 Å². The van der Waals surface area contributed by atoms with Crippen molar-refractivity contribution in [3.63, 3.8) is 0 Å². The van der Waals surface area contributed by atoms with E-state index >= 15 is 0 Å². The molecule has 0 aromatic rings. The van der Waals surface area contributed by atoms with Crippen LogP contribution < -0.4 is 10.9 Å². The fourth-order valence-corrected chi connectivity index (χ4v) is 2.46. The molecule has 2 aliphatic heterocycles. The fraction of sp³-hybridized carbons (Fsp3) is 0.857. The summed E-state index contributed by atoms with van der Waals surface area (Å²) in [5.41, 5.74) is 2.53. The molecule has 0 aromatic carbocycles. The Morgan fingerprint density at radius 3 is 1.13 bits per heavy atom. The third-order valence-electron chi connectivity index (χ3n) is 4.29. The van der Waals surface area contributed by atoms with Gasteiger partial charge in [0.2, 0.25) is 0 Å². The zero-order valence-corrected chi connectivity index (χ0v) is 15.2. The van der Waals surface area contributed by atoms with Crippen molar-refractivity contribution < 1.29 is 54.2 Å². The average Bonchev–Trinajstić information content (AvgIpc) is 2.69. The Balaban J connectivity index is 2.18. The molecular weight excluding hydrogens is 440 g/mol. The van der Waals surface area contributed by atoms with Crippen LogP contribution in [0, 0.1) is 0 Å². The van der Waals surface area contributed by atoms with E-state index in [9.17, 15) is 44.7 Å². The number of amides is 2. The first kappa shape index (κ1) is 24.5. The largest absolute Gasteiger partial charge is 0.394 e. The van der Waals surface area contributed by atoms with Crippen LogP contribution in [0.15, 0.2) is 0 Å². The van der Waals surface area contributed by atoms with Crippen molar-refractivity contribution in [1.82, 2.24) is 20.9 Å². The molecule has 0 aliphatic carbocycles. The van der Waals surface area contributed by atoms with E-state index < -0.39 is 35.5 Å². The molecule has 2 heterocycles. The van der Waals surface area contributed by atoms with Crippen LogP contribution in [0.4, 0.5) is 35.1 Å². The second-order valence-corrected chi connectivity index (χ2v) is 6.38. The summed E-state index contributed by atoms with van der Waals surface area (Å²) in [6.07, 6.45) is 0. The number of ether oxygens (including phenoxy) is 2. The number of hydrogen-bond acceptors (Lipinski definition) is 6. The minimum absolute atomic E-state index is 0.0851. The van der Waals surface area contributed by atoms with E-state index in [0.29, 0.717) is 10.0 Å². The van der Waals surface area contributed by atoms with Gasteiger partial charge in [0.05, 0.1) is 26.4 Å². The lowest BCUT2D eigenvalue weighted by atomic mass is 9.97. The van der Waals surface area contributed by atoms with Gasteiger partial charge in [-0.1, -0.05) is 0 Å². The number of morpholine rings is 2. The summed E-state index contributed by atoms with van der Waals surface area (Å²) in [6.45, 7) is -1.28. The van der Waals surface area contributed by atoms with E-state index in [-0.39, 0.29) is 52.6 Å². The van der Waals surface area contributed by atoms with Crippen molar-refractivity contribution in [3.8, 4) is 0 Å². The molecule has 0 radical (unpaired) electrons. The monoisotopic (exact) mass is 458 g/mol. The van der Waals surface area contributed by atoms with E-state index in [1.807, 2.05) is 0 Å². The molecule has 0 saturated carbocycles. The third kappa shape index (κ3) is 4.45. The lowest BCUT2D eigenvalue weighted by molar-refractivity contribution is -0.348. The molecule has 8 nitrogen and oxygen atoms in total. The zero-order valence-electron chi connectivity index (χ0n) is 15.2. The second kappa shape index (κ2) is 8.76. The molecule has 16 heteroatoms. The predicted molar refractivity (Wildman–Crippen MR) is 80.9 cm³/mol. The van der Waals surface area contributed by atoms with Gasteiger partial charge >= 0.3 is 35.5 Å². The van der Waals surface area contributed by atoms with Gasteiger partial charge in [-0.15, -0.1) is 0 Å². The summed E-state index contributed by atoms with van der Waals surface area (Å²) in [6, 6.07) is 0. The molecule has 0 spiro atoms. The van der Waals surface area contributed by atoms with Gasteiger partial charge in [0, 0.05) is 26.2 Å². The Labute approximate surface area is 164 Å². The number of hydrazine groups is 2. The third-order valence-corrected chi connectivity index (χ3v) is 4.29. The highest BCUT2D eigenvalue weighted by Crippen LogP contribution is 2.52. The Kier molecular flexibility index (Phi) is 7.15. The minimum atomic E-state index is -6.91. The number of alkyl halides is 8. The quantitative estimate of drug-likeness (QED) is 0.533. The van der Waals surface area contributed by atoms with Gasteiger partial charge in [-0.05, 0) is 0 Å². The Morgan fingerprint density at radius 2 is 0.867 bits per heavy atom. The smallest absolute Gasteiger partial charge is 0.379 e. The van der Waals surface area contributed by atoms with E-state index in [1.54, 1.807) is 0 Å². The Morgan fingerprint density at radius 1 is 0.600 bits per heavy atom. The van der Waals surface area contributed by atoms with E-state index in [1.165, 1.54) is 10.9 Å². The molecule has 30 heavy (non-hydrogen) atoms. The van der Waals surface area contributed by atoms with Gasteiger partial charge in [0.25, 0.3) is 0 Å². The van der Waals surface area contributed by atoms with Crippen LogP contribution in [-0.2, 0) is 19.1 Å². The maximum atomic E-state index is 13.9. The van der Waals surface area contributed by atoms with Crippen molar-refractivity contribution in [2.45, 2.75) is 23.7 Å². The van der Waals surface area contributed by atoms with Crippen LogP contribution in [0.25, 0.3) is 0 Å². The minimum Gasteiger partial charge on any atom is -0.379 e. The topological polar surface area (TPSA) is 83.1 Å². The predicted octanol–water partition coefficient (Wildman–Crippen LogP) is 0.254. The van der Waals surface area contributed by atoms with Gasteiger partial charge in [0.1, 0.15) is 0 Å². The summed E-state index contributed by atoms with van der Waals surface area (Å²) in [5.74, 6) is -32.3. The van der Waals surface area contributed by atoms with Crippen molar-refractivity contribution in [2.75, 3.05) is 52.6 Å². The molecule has 2 aliphatic rings. The van der Waals surface area contributed by atoms with Crippen LogP contribution in [0.3, 0.4) is 0 Å². The molecule has 2 fully saturated rings. The zero-order chi connectivity index (χ0) is 22.8. The molecule has 0 atom stereocenters. The average molecular weight is 458 g/mol. The lowest BCUT2D eigenvalue weighted by Gasteiger charge is -2.37. The van der Waals surface area contributed by atoms with Gasteiger partial charge in [-0.2, -0.15) is 35.1 Å². The summed E-state index contributed by atoms with van der Waals surface area (Å²) < 4.78 is 121. The molecule has 2 amide bonds. The van der Waals surface area contributed by atoms with Crippen LogP contribution in [0.5, 0.6) is 0 Å². The Hall–Kier alpha value is -1.78. The molecule has 2 N–H and O–H groups in total. The van der Waals surface area contributed by atoms with Crippen LogP contribution in [-0.4, -0.2) is 98.1 Å². The summed E-state index contributed by atoms with van der Waals surface area (Å²) in [7, 11) is 0. The first-order valence-electron chi connectivity index (χ1n) is 8.54. The van der Waals surface area contributed by atoms with Crippen molar-refractivity contribution in [2.24, 2.45) is 0 Å². The lowest BCUT2D eigenvalue weighted by Crippen LogP contribution is -2.70. The van der Waals surface area contributed by atoms with E-state index in [4.69, 9.17) is 9.47 Å². The number of carbonyl (C=O) groups is 2. The molecular formula is C14H18F8N4O4. The number of carbonyl (C=O) groups excluding carboxylic acids is 2. The number of hydrogen-bond donors (Lipinski definition) is 2. The standard InChI is InChI=1S/C14H18F8N4O4/c15-11(16,9(27)23-25-1-5-29-6-2-25)13(19,20)14(21,22)12(17,18)10(28)24-26-3-7-30-8-4-26/h1-8H2,(H,23,27)(H,24,28). The molecule has 2 rings (SSSR count). The van der Waals surface area contributed by atoms with Crippen molar-refractivity contribution >= 4 is 11.8 Å². The number of nitrogens with one attached hydrogen (secondary N) is 2. The molecule has 0 bridgehead atoms. The van der Waals surface area contributed by atoms with Crippen molar-refractivity contribution in [1.29, 1.82) is 0 Å². The number of halogens is 8. The van der Waals surface area contributed by atoms with Crippen LogP contribution in [0.1, 0.15) is 0 Å². The van der Waals surface area contributed by atoms with E-state index in [2.05, 4.69) is 0 Å². The number of nitrogens with zero attached hydrogens (tertiary/aromatic N) is 2. The highest BCUT2D eigenvalue weighted by molar-refractivity contribution is 5.87.